The molecule has 0 bridgehead atoms. The van der Waals surface area contributed by atoms with Crippen LogP contribution in [0.2, 0.25) is 0 Å². The van der Waals surface area contributed by atoms with Crippen molar-refractivity contribution in [2.24, 2.45) is 7.05 Å². The summed E-state index contributed by atoms with van der Waals surface area (Å²) in [6.07, 6.45) is 3.41. The minimum Gasteiger partial charge on any atom is -0.360 e. The number of benzene rings is 1. The summed E-state index contributed by atoms with van der Waals surface area (Å²) in [5, 5.41) is 18.7. The molecule has 0 radical (unpaired) electrons. The van der Waals surface area contributed by atoms with Gasteiger partial charge < -0.3 is 5.32 Å². The van der Waals surface area contributed by atoms with Crippen molar-refractivity contribution in [1.29, 1.82) is 0 Å². The maximum Gasteiger partial charge on any atom is 0.312 e. The fourth-order valence-corrected chi connectivity index (χ4v) is 2.71. The molecule has 122 valence electrons. The third kappa shape index (κ3) is 3.43. The highest BCUT2D eigenvalue weighted by molar-refractivity contribution is 9.10. The lowest BCUT2D eigenvalue weighted by molar-refractivity contribution is -0.384. The quantitative estimate of drug-likeness (QED) is 0.531. The summed E-state index contributed by atoms with van der Waals surface area (Å²) in [5.74, 6) is 0.228. The van der Waals surface area contributed by atoms with Gasteiger partial charge in [-0.25, -0.2) is 4.98 Å². The number of hydrogen-bond acceptors (Lipinski definition) is 5. The fraction of sp³-hybridized carbons (Fsp3) is 0.125. The summed E-state index contributed by atoms with van der Waals surface area (Å²) < 4.78 is 2.29. The van der Waals surface area contributed by atoms with Crippen LogP contribution in [-0.2, 0) is 13.6 Å². The van der Waals surface area contributed by atoms with E-state index in [9.17, 15) is 10.1 Å². The van der Waals surface area contributed by atoms with Crippen LogP contribution in [0.5, 0.6) is 0 Å². The van der Waals surface area contributed by atoms with Gasteiger partial charge in [0, 0.05) is 47.7 Å². The van der Waals surface area contributed by atoms with E-state index < -0.39 is 4.92 Å². The summed E-state index contributed by atoms with van der Waals surface area (Å²) in [4.78, 5) is 14.8. The average molecular weight is 388 g/mol. The summed E-state index contributed by atoms with van der Waals surface area (Å²) >= 11 is 3.20. The molecule has 0 saturated heterocycles. The number of nitrogens with zero attached hydrogens (tertiary/aromatic N) is 4. The predicted molar refractivity (Wildman–Crippen MR) is 94.6 cm³/mol. The number of nitro groups is 1. The molecule has 2 heterocycles. The average Bonchev–Trinajstić information content (AvgIpc) is 2.95. The number of nitrogens with one attached hydrogen (secondary N) is 1. The van der Waals surface area contributed by atoms with Gasteiger partial charge in [0.1, 0.15) is 0 Å². The fourth-order valence-electron chi connectivity index (χ4n) is 2.39. The van der Waals surface area contributed by atoms with E-state index >= 15 is 0 Å². The molecule has 0 aliphatic heterocycles. The molecule has 8 heteroatoms. The van der Waals surface area contributed by atoms with Crippen molar-refractivity contribution in [2.45, 2.75) is 6.54 Å². The molecule has 0 unspecified atom stereocenters. The van der Waals surface area contributed by atoms with Gasteiger partial charge in [-0.15, -0.1) is 0 Å². The zero-order valence-electron chi connectivity index (χ0n) is 12.8. The highest BCUT2D eigenvalue weighted by Crippen LogP contribution is 2.27. The van der Waals surface area contributed by atoms with Crippen molar-refractivity contribution in [3.05, 3.63) is 68.9 Å². The second-order valence-electron chi connectivity index (χ2n) is 5.17. The number of pyridine rings is 1. The van der Waals surface area contributed by atoms with Gasteiger partial charge in [-0.2, -0.15) is 5.10 Å². The molecule has 3 aromatic rings. The van der Waals surface area contributed by atoms with Gasteiger partial charge in [0.25, 0.3) is 0 Å². The predicted octanol–water partition coefficient (Wildman–Crippen LogP) is 3.76. The van der Waals surface area contributed by atoms with Crippen molar-refractivity contribution in [3.8, 4) is 11.3 Å². The van der Waals surface area contributed by atoms with Crippen LogP contribution in [0.15, 0.2) is 53.3 Å². The number of halogens is 1. The monoisotopic (exact) mass is 387 g/mol. The highest BCUT2D eigenvalue weighted by Gasteiger charge is 2.17. The molecule has 24 heavy (non-hydrogen) atoms. The molecule has 1 N–H and O–H groups in total. The van der Waals surface area contributed by atoms with Gasteiger partial charge in [-0.05, 0) is 15.9 Å². The van der Waals surface area contributed by atoms with Crippen molar-refractivity contribution in [2.75, 3.05) is 5.32 Å². The lowest BCUT2D eigenvalue weighted by Gasteiger charge is -2.07. The molecule has 0 aliphatic rings. The molecule has 2 aromatic heterocycles. The van der Waals surface area contributed by atoms with Gasteiger partial charge in [0.2, 0.25) is 5.82 Å². The van der Waals surface area contributed by atoms with E-state index in [2.05, 4.69) is 31.3 Å². The Morgan fingerprint density at radius 1 is 1.33 bits per heavy atom. The molecule has 3 rings (SSSR count). The van der Waals surface area contributed by atoms with Crippen molar-refractivity contribution < 1.29 is 4.92 Å². The molecule has 0 spiro atoms. The molecule has 0 amide bonds. The number of aromatic nitrogens is 3. The molecule has 0 atom stereocenters. The molecular weight excluding hydrogens is 374 g/mol. The standard InChI is InChI=1S/C16H14BrN5O2/c1-21-10-12(15(20-21)11-5-3-2-4-6-11)8-18-16-14(22(23)24)7-13(17)9-19-16/h2-7,9-10H,8H2,1H3,(H,18,19). The zero-order chi connectivity index (χ0) is 17.1. The van der Waals surface area contributed by atoms with Gasteiger partial charge in [0.15, 0.2) is 0 Å². The maximum absolute atomic E-state index is 11.2. The van der Waals surface area contributed by atoms with Gasteiger partial charge in [0.05, 0.1) is 10.6 Å². The Hall–Kier alpha value is -2.74. The number of rotatable bonds is 5. The molecule has 0 fully saturated rings. The van der Waals surface area contributed by atoms with Crippen LogP contribution >= 0.6 is 15.9 Å². The van der Waals surface area contributed by atoms with Crippen LogP contribution < -0.4 is 5.32 Å². The van der Waals surface area contributed by atoms with Crippen LogP contribution in [0.1, 0.15) is 5.56 Å². The molecular formula is C16H14BrN5O2. The first-order chi connectivity index (χ1) is 11.5. The Morgan fingerprint density at radius 2 is 2.08 bits per heavy atom. The number of anilines is 1. The van der Waals surface area contributed by atoms with E-state index in [-0.39, 0.29) is 11.5 Å². The van der Waals surface area contributed by atoms with Crippen molar-refractivity contribution in [3.63, 3.8) is 0 Å². The van der Waals surface area contributed by atoms with E-state index in [4.69, 9.17) is 0 Å². The van der Waals surface area contributed by atoms with Crippen LogP contribution in [-0.4, -0.2) is 19.7 Å². The normalized spacial score (nSPS) is 10.6. The van der Waals surface area contributed by atoms with Gasteiger partial charge >= 0.3 is 5.69 Å². The molecule has 0 saturated carbocycles. The van der Waals surface area contributed by atoms with Gasteiger partial charge in [-0.3, -0.25) is 14.8 Å². The van der Waals surface area contributed by atoms with Crippen LogP contribution in [0.25, 0.3) is 11.3 Å². The Labute approximate surface area is 146 Å². The lowest BCUT2D eigenvalue weighted by Crippen LogP contribution is -2.05. The minimum atomic E-state index is -0.457. The van der Waals surface area contributed by atoms with Crippen molar-refractivity contribution >= 4 is 27.4 Å². The van der Waals surface area contributed by atoms with Crippen LogP contribution in [0.4, 0.5) is 11.5 Å². The Kier molecular flexibility index (Phi) is 4.57. The van der Waals surface area contributed by atoms with Crippen LogP contribution in [0, 0.1) is 10.1 Å². The first-order valence-corrected chi connectivity index (χ1v) is 7.95. The van der Waals surface area contributed by atoms with Crippen LogP contribution in [0.3, 0.4) is 0 Å². The first-order valence-electron chi connectivity index (χ1n) is 7.16. The Bertz CT molecular complexity index is 879. The lowest BCUT2D eigenvalue weighted by atomic mass is 10.1. The van der Waals surface area contributed by atoms with E-state index in [1.165, 1.54) is 12.3 Å². The molecule has 0 aliphatic carbocycles. The van der Waals surface area contributed by atoms with E-state index in [1.807, 2.05) is 43.6 Å². The largest absolute Gasteiger partial charge is 0.360 e. The summed E-state index contributed by atoms with van der Waals surface area (Å²) in [6, 6.07) is 11.2. The highest BCUT2D eigenvalue weighted by atomic mass is 79.9. The SMILES string of the molecule is Cn1cc(CNc2ncc(Br)cc2[N+](=O)[O-])c(-c2ccccc2)n1. The summed E-state index contributed by atoms with van der Waals surface area (Å²) in [6.45, 7) is 0.382. The maximum atomic E-state index is 11.2. The van der Waals surface area contributed by atoms with E-state index in [1.54, 1.807) is 4.68 Å². The number of hydrogen-bond donors (Lipinski definition) is 1. The first kappa shape index (κ1) is 16.1. The second kappa shape index (κ2) is 6.79. The third-order valence-electron chi connectivity index (χ3n) is 3.43. The smallest absolute Gasteiger partial charge is 0.312 e. The second-order valence-corrected chi connectivity index (χ2v) is 6.09. The van der Waals surface area contributed by atoms with E-state index in [0.717, 1.165) is 16.8 Å². The van der Waals surface area contributed by atoms with Gasteiger partial charge in [-0.1, -0.05) is 30.3 Å². The minimum absolute atomic E-state index is 0.0745. The third-order valence-corrected chi connectivity index (χ3v) is 3.86. The summed E-state index contributed by atoms with van der Waals surface area (Å²) in [7, 11) is 1.84. The van der Waals surface area contributed by atoms with Crippen molar-refractivity contribution in [1.82, 2.24) is 14.8 Å². The Morgan fingerprint density at radius 3 is 2.79 bits per heavy atom. The summed E-state index contributed by atoms with van der Waals surface area (Å²) in [5.41, 5.74) is 2.69. The molecule has 1 aromatic carbocycles. The topological polar surface area (TPSA) is 85.9 Å². The Balaban J connectivity index is 1.88. The molecule has 7 nitrogen and oxygen atoms in total. The number of aryl methyl sites for hydroxylation is 1. The zero-order valence-corrected chi connectivity index (χ0v) is 14.4. The van der Waals surface area contributed by atoms with E-state index in [0.29, 0.717) is 11.0 Å².